The molecular formula is C29H36N2OS2. The lowest BCUT2D eigenvalue weighted by molar-refractivity contribution is -0.0255. The van der Waals surface area contributed by atoms with Gasteiger partial charge in [-0.15, -0.1) is 23.5 Å². The van der Waals surface area contributed by atoms with E-state index < -0.39 is 0 Å². The number of piperidine rings is 1. The molecule has 1 aliphatic carbocycles. The first-order valence-corrected chi connectivity index (χ1v) is 15.0. The minimum absolute atomic E-state index is 0.186. The van der Waals surface area contributed by atoms with Crippen LogP contribution in [0.1, 0.15) is 61.9 Å². The molecule has 1 spiro atoms. The average molecular weight is 493 g/mol. The number of ether oxygens (including phenoxy) is 1. The van der Waals surface area contributed by atoms with Crippen LogP contribution >= 0.6 is 23.5 Å². The number of hydrogen-bond acceptors (Lipinski definition) is 4. The number of H-pyrrole nitrogens is 1. The van der Waals surface area contributed by atoms with Crippen LogP contribution in [0.3, 0.4) is 0 Å². The second kappa shape index (κ2) is 9.57. The Labute approximate surface area is 212 Å². The van der Waals surface area contributed by atoms with E-state index in [2.05, 4.69) is 94.9 Å². The number of nitrogens with zero attached hydrogens (tertiary/aromatic N) is 1. The van der Waals surface area contributed by atoms with Gasteiger partial charge in [-0.05, 0) is 67.2 Å². The first-order chi connectivity index (χ1) is 16.7. The summed E-state index contributed by atoms with van der Waals surface area (Å²) in [5.41, 5.74) is 6.04. The molecule has 2 saturated heterocycles. The lowest BCUT2D eigenvalue weighted by Crippen LogP contribution is -2.52. The van der Waals surface area contributed by atoms with Crippen molar-refractivity contribution < 1.29 is 4.74 Å². The van der Waals surface area contributed by atoms with Gasteiger partial charge in [0.2, 0.25) is 0 Å². The molecule has 0 radical (unpaired) electrons. The number of likely N-dealkylation sites (tertiary alicyclic amines) is 1. The SMILES string of the molecule is CC[C@]12CCCN(CCOCc3ccccc3)[C@H]1c1c([nH]c3ccccc13)C1(C2)SCCCS1. The predicted molar refractivity (Wildman–Crippen MR) is 146 cm³/mol. The molecule has 0 amide bonds. The van der Waals surface area contributed by atoms with Crippen molar-refractivity contribution in [1.82, 2.24) is 9.88 Å². The molecule has 1 N–H and O–H groups in total. The summed E-state index contributed by atoms with van der Waals surface area (Å²) in [5.74, 6) is 2.56. The second-order valence-corrected chi connectivity index (χ2v) is 13.3. The van der Waals surface area contributed by atoms with Crippen molar-refractivity contribution in [2.24, 2.45) is 5.41 Å². The van der Waals surface area contributed by atoms with Gasteiger partial charge in [-0.3, -0.25) is 4.90 Å². The van der Waals surface area contributed by atoms with Crippen LogP contribution < -0.4 is 0 Å². The number of benzene rings is 2. The van der Waals surface area contributed by atoms with Gasteiger partial charge in [0.1, 0.15) is 4.08 Å². The van der Waals surface area contributed by atoms with Gasteiger partial charge in [0.25, 0.3) is 0 Å². The third-order valence-electron chi connectivity index (χ3n) is 8.35. The van der Waals surface area contributed by atoms with Crippen molar-refractivity contribution in [2.45, 2.75) is 55.8 Å². The maximum Gasteiger partial charge on any atom is 0.102 e. The maximum atomic E-state index is 6.18. The lowest BCUT2D eigenvalue weighted by atomic mass is 9.62. The highest BCUT2D eigenvalue weighted by Gasteiger charge is 2.57. The highest BCUT2D eigenvalue weighted by molar-refractivity contribution is 8.18. The van der Waals surface area contributed by atoms with Crippen LogP contribution in [0.4, 0.5) is 0 Å². The Bertz CT molecular complexity index is 1120. The number of hydrogen-bond donors (Lipinski definition) is 1. The van der Waals surface area contributed by atoms with Crippen LogP contribution in [0.2, 0.25) is 0 Å². The molecule has 3 aliphatic rings. The van der Waals surface area contributed by atoms with E-state index in [1.165, 1.54) is 72.3 Å². The Kier molecular flexibility index (Phi) is 6.48. The molecule has 0 saturated carbocycles. The number of fused-ring (bicyclic) bond motifs is 6. The van der Waals surface area contributed by atoms with E-state index in [-0.39, 0.29) is 4.08 Å². The van der Waals surface area contributed by atoms with Crippen molar-refractivity contribution in [3.8, 4) is 0 Å². The van der Waals surface area contributed by atoms with E-state index in [0.717, 1.165) is 13.2 Å². The Balaban J connectivity index is 1.35. The molecule has 6 rings (SSSR count). The molecule has 3 nitrogen and oxygen atoms in total. The third kappa shape index (κ3) is 3.93. The standard InChI is InChI=1S/C29H36N2OS2/c1-2-28-14-8-15-31(16-17-32-20-22-10-4-3-5-11-22)27(28)25-23-12-6-7-13-24(23)30-26(25)29(21-28)33-18-9-19-34-29/h3-7,10-13,27,30H,2,8-9,14-21H2,1H3/t27-,28+/m0/s1. The normalized spacial score (nSPS) is 26.4. The first-order valence-electron chi connectivity index (χ1n) is 13.0. The van der Waals surface area contributed by atoms with Gasteiger partial charge in [-0.2, -0.15) is 0 Å². The summed E-state index contributed by atoms with van der Waals surface area (Å²) >= 11 is 4.45. The number of aromatic nitrogens is 1. The summed E-state index contributed by atoms with van der Waals surface area (Å²) in [4.78, 5) is 6.74. The molecule has 3 aromatic rings. The van der Waals surface area contributed by atoms with Crippen LogP contribution in [0, 0.1) is 5.41 Å². The number of aromatic amines is 1. The van der Waals surface area contributed by atoms with Gasteiger partial charge in [0.15, 0.2) is 0 Å². The van der Waals surface area contributed by atoms with Crippen molar-refractivity contribution >= 4 is 34.4 Å². The fourth-order valence-corrected chi connectivity index (χ4v) is 10.4. The Morgan fingerprint density at radius 1 is 1.03 bits per heavy atom. The summed E-state index contributed by atoms with van der Waals surface area (Å²) in [6.45, 7) is 6.12. The van der Waals surface area contributed by atoms with E-state index in [1.54, 1.807) is 5.56 Å². The Morgan fingerprint density at radius 3 is 2.65 bits per heavy atom. The van der Waals surface area contributed by atoms with Crippen LogP contribution in [-0.4, -0.2) is 41.1 Å². The summed E-state index contributed by atoms with van der Waals surface area (Å²) in [6.07, 6.45) is 6.52. The smallest absolute Gasteiger partial charge is 0.102 e. The van der Waals surface area contributed by atoms with E-state index in [0.29, 0.717) is 18.1 Å². The quantitative estimate of drug-likeness (QED) is 0.364. The summed E-state index contributed by atoms with van der Waals surface area (Å²) < 4.78 is 6.36. The van der Waals surface area contributed by atoms with E-state index >= 15 is 0 Å². The highest BCUT2D eigenvalue weighted by atomic mass is 32.2. The number of nitrogens with one attached hydrogen (secondary N) is 1. The lowest BCUT2D eigenvalue weighted by Gasteiger charge is -2.58. The van der Waals surface area contributed by atoms with Crippen LogP contribution in [-0.2, 0) is 15.4 Å². The maximum absolute atomic E-state index is 6.18. The molecule has 5 heteroatoms. The van der Waals surface area contributed by atoms with Crippen molar-refractivity contribution in [1.29, 1.82) is 0 Å². The van der Waals surface area contributed by atoms with Crippen LogP contribution in [0.5, 0.6) is 0 Å². The number of rotatable bonds is 6. The van der Waals surface area contributed by atoms with Crippen molar-refractivity contribution in [3.63, 3.8) is 0 Å². The molecule has 3 heterocycles. The summed E-state index contributed by atoms with van der Waals surface area (Å²) in [6, 6.07) is 20.1. The highest BCUT2D eigenvalue weighted by Crippen LogP contribution is 2.67. The molecule has 1 aromatic heterocycles. The molecular weight excluding hydrogens is 456 g/mol. The fraction of sp³-hybridized carbons (Fsp3) is 0.517. The van der Waals surface area contributed by atoms with Crippen LogP contribution in [0.25, 0.3) is 10.9 Å². The second-order valence-electron chi connectivity index (χ2n) is 10.2. The van der Waals surface area contributed by atoms with Crippen molar-refractivity contribution in [2.75, 3.05) is 31.2 Å². The number of thioether (sulfide) groups is 2. The molecule has 180 valence electrons. The van der Waals surface area contributed by atoms with Gasteiger partial charge < -0.3 is 9.72 Å². The minimum atomic E-state index is 0.186. The van der Waals surface area contributed by atoms with E-state index in [4.69, 9.17) is 4.74 Å². The summed E-state index contributed by atoms with van der Waals surface area (Å²) in [7, 11) is 0. The van der Waals surface area contributed by atoms with Gasteiger partial charge >= 0.3 is 0 Å². The zero-order valence-corrected chi connectivity index (χ0v) is 21.9. The van der Waals surface area contributed by atoms with E-state index in [9.17, 15) is 0 Å². The molecule has 2 aromatic carbocycles. The van der Waals surface area contributed by atoms with Crippen molar-refractivity contribution in [3.05, 3.63) is 71.4 Å². The Hall–Kier alpha value is -1.40. The topological polar surface area (TPSA) is 28.3 Å². The fourth-order valence-electron chi connectivity index (χ4n) is 6.76. The van der Waals surface area contributed by atoms with Gasteiger partial charge in [-0.25, -0.2) is 0 Å². The largest absolute Gasteiger partial charge is 0.375 e. The molecule has 34 heavy (non-hydrogen) atoms. The first kappa shape index (κ1) is 23.0. The summed E-state index contributed by atoms with van der Waals surface area (Å²) in [5, 5.41) is 1.45. The molecule has 0 unspecified atom stereocenters. The minimum Gasteiger partial charge on any atom is -0.375 e. The van der Waals surface area contributed by atoms with Gasteiger partial charge in [0, 0.05) is 34.7 Å². The average Bonchev–Trinajstić information content (AvgIpc) is 3.28. The van der Waals surface area contributed by atoms with Crippen LogP contribution in [0.15, 0.2) is 54.6 Å². The van der Waals surface area contributed by atoms with Gasteiger partial charge in [0.05, 0.1) is 13.2 Å². The zero-order valence-electron chi connectivity index (χ0n) is 20.2. The monoisotopic (exact) mass is 492 g/mol. The molecule has 2 aliphatic heterocycles. The van der Waals surface area contributed by atoms with Gasteiger partial charge in [-0.1, -0.05) is 55.5 Å². The molecule has 2 atom stereocenters. The van der Waals surface area contributed by atoms with E-state index in [1.807, 2.05) is 0 Å². The molecule has 2 fully saturated rings. The number of para-hydroxylation sites is 1. The Morgan fingerprint density at radius 2 is 1.82 bits per heavy atom. The zero-order chi connectivity index (χ0) is 23.0. The predicted octanol–water partition coefficient (Wildman–Crippen LogP) is 7.34. The molecule has 0 bridgehead atoms. The third-order valence-corrected chi connectivity index (χ3v) is 11.7.